The van der Waals surface area contributed by atoms with Crippen molar-refractivity contribution >= 4 is 28.2 Å². The second-order valence-electron chi connectivity index (χ2n) is 10.7. The van der Waals surface area contributed by atoms with Crippen LogP contribution in [0.2, 0.25) is 0 Å². The molecule has 8 heteroatoms. The number of hydrogen-bond donors (Lipinski definition) is 0. The zero-order chi connectivity index (χ0) is 26.6. The number of likely N-dealkylation sites (tertiary alicyclic amines) is 1. The van der Waals surface area contributed by atoms with Gasteiger partial charge in [-0.15, -0.1) is 0 Å². The summed E-state index contributed by atoms with van der Waals surface area (Å²) < 4.78 is 6.21. The van der Waals surface area contributed by atoms with Crippen LogP contribution in [0.1, 0.15) is 30.5 Å². The lowest BCUT2D eigenvalue weighted by molar-refractivity contribution is -0.126. The van der Waals surface area contributed by atoms with E-state index in [1.807, 2.05) is 4.90 Å². The van der Waals surface area contributed by atoms with Gasteiger partial charge in [0.25, 0.3) is 0 Å². The maximum absolute atomic E-state index is 12.1. The van der Waals surface area contributed by atoms with Gasteiger partial charge in [0, 0.05) is 55.9 Å². The largest absolute Gasteiger partial charge is 0.462 e. The number of benzene rings is 2. The molecule has 0 radical (unpaired) electrons. The lowest BCUT2D eigenvalue weighted by Crippen LogP contribution is -2.49. The second-order valence-corrected chi connectivity index (χ2v) is 10.7. The van der Waals surface area contributed by atoms with E-state index in [9.17, 15) is 4.79 Å². The average molecular weight is 527 g/mol. The maximum atomic E-state index is 12.1. The first-order chi connectivity index (χ1) is 19.2. The summed E-state index contributed by atoms with van der Waals surface area (Å²) in [6.45, 7) is 11.9. The van der Waals surface area contributed by atoms with Gasteiger partial charge in [0.15, 0.2) is 0 Å². The summed E-state index contributed by atoms with van der Waals surface area (Å²) in [7, 11) is 0. The average Bonchev–Trinajstić information content (AvgIpc) is 3.00. The number of hydrogen-bond acceptors (Lipinski definition) is 7. The first kappa shape index (κ1) is 25.6. The molecule has 3 aliphatic rings. The van der Waals surface area contributed by atoms with E-state index in [4.69, 9.17) is 14.7 Å². The van der Waals surface area contributed by atoms with Crippen LogP contribution in [0.5, 0.6) is 6.01 Å². The number of fused-ring (bicyclic) bond motifs is 2. The van der Waals surface area contributed by atoms with Crippen molar-refractivity contribution in [2.45, 2.75) is 32.2 Å². The standard InChI is InChI=1S/C31H38N6O2/c1-2-29(38)35-17-19-36(20-18-35)30-26-13-16-37(28-12-8-10-24-9-4-5-11-25(24)28)23-27(26)32-31(33-30)39-22-21-34-14-6-3-7-15-34/h2,4-5,8-12H,1,3,6-7,13-23H2. The monoisotopic (exact) mass is 526 g/mol. The molecule has 2 aromatic carbocycles. The number of anilines is 2. The molecule has 0 atom stereocenters. The third-order valence-corrected chi connectivity index (χ3v) is 8.28. The van der Waals surface area contributed by atoms with Gasteiger partial charge in [-0.2, -0.15) is 9.97 Å². The number of amides is 1. The highest BCUT2D eigenvalue weighted by atomic mass is 16.5. The Balaban J connectivity index is 1.26. The van der Waals surface area contributed by atoms with Crippen molar-refractivity contribution in [3.8, 4) is 6.01 Å². The predicted octanol–water partition coefficient (Wildman–Crippen LogP) is 3.89. The van der Waals surface area contributed by atoms with E-state index >= 15 is 0 Å². The van der Waals surface area contributed by atoms with Crippen LogP contribution in [0.3, 0.4) is 0 Å². The van der Waals surface area contributed by atoms with E-state index in [1.54, 1.807) is 0 Å². The Morgan fingerprint density at radius 1 is 0.897 bits per heavy atom. The summed E-state index contributed by atoms with van der Waals surface area (Å²) in [6.07, 6.45) is 6.13. The topological polar surface area (TPSA) is 65.0 Å². The fraction of sp³-hybridized carbons (Fsp3) is 0.452. The van der Waals surface area contributed by atoms with Gasteiger partial charge in [-0.05, 0) is 49.9 Å². The van der Waals surface area contributed by atoms with Gasteiger partial charge in [0.05, 0.1) is 12.2 Å². The van der Waals surface area contributed by atoms with E-state index in [0.29, 0.717) is 25.7 Å². The molecule has 2 fully saturated rings. The fourth-order valence-electron chi connectivity index (χ4n) is 6.12. The van der Waals surface area contributed by atoms with E-state index in [1.165, 1.54) is 47.4 Å². The Hall–Kier alpha value is -3.65. The molecule has 4 heterocycles. The molecule has 204 valence electrons. The predicted molar refractivity (Wildman–Crippen MR) is 156 cm³/mol. The first-order valence-corrected chi connectivity index (χ1v) is 14.3. The van der Waals surface area contributed by atoms with Crippen molar-refractivity contribution in [1.82, 2.24) is 19.8 Å². The highest BCUT2D eigenvalue weighted by Gasteiger charge is 2.29. The van der Waals surface area contributed by atoms with Crippen molar-refractivity contribution in [2.75, 3.05) is 68.8 Å². The zero-order valence-electron chi connectivity index (χ0n) is 22.7. The van der Waals surface area contributed by atoms with Crippen molar-refractivity contribution in [2.24, 2.45) is 0 Å². The summed E-state index contributed by atoms with van der Waals surface area (Å²) in [5.74, 6) is 0.961. The molecule has 0 bridgehead atoms. The number of piperazine rings is 1. The Kier molecular flexibility index (Phi) is 7.63. The summed E-state index contributed by atoms with van der Waals surface area (Å²) in [6, 6.07) is 15.5. The van der Waals surface area contributed by atoms with E-state index in [-0.39, 0.29) is 5.91 Å². The SMILES string of the molecule is C=CC(=O)N1CCN(c2nc(OCCN3CCCCC3)nc3c2CCN(c2cccc4ccccc24)C3)CC1. The summed E-state index contributed by atoms with van der Waals surface area (Å²) in [4.78, 5) is 31.1. The van der Waals surface area contributed by atoms with Crippen LogP contribution < -0.4 is 14.5 Å². The van der Waals surface area contributed by atoms with Gasteiger partial charge < -0.3 is 19.4 Å². The van der Waals surface area contributed by atoms with Gasteiger partial charge in [0.1, 0.15) is 12.4 Å². The number of nitrogens with zero attached hydrogens (tertiary/aromatic N) is 6. The number of rotatable bonds is 7. The summed E-state index contributed by atoms with van der Waals surface area (Å²) in [5.41, 5.74) is 3.48. The van der Waals surface area contributed by atoms with Gasteiger partial charge in [-0.1, -0.05) is 49.4 Å². The molecule has 3 aliphatic heterocycles. The minimum atomic E-state index is -0.00756. The molecule has 0 N–H and O–H groups in total. The lowest BCUT2D eigenvalue weighted by atomic mass is 10.0. The van der Waals surface area contributed by atoms with Crippen molar-refractivity contribution < 1.29 is 9.53 Å². The third-order valence-electron chi connectivity index (χ3n) is 8.28. The molecule has 3 aromatic rings. The molecule has 8 nitrogen and oxygen atoms in total. The molecule has 0 saturated carbocycles. The van der Waals surface area contributed by atoms with Crippen LogP contribution in [0.4, 0.5) is 11.5 Å². The Labute approximate surface area is 230 Å². The first-order valence-electron chi connectivity index (χ1n) is 14.3. The Bertz CT molecular complexity index is 1320. The minimum absolute atomic E-state index is 0.00756. The van der Waals surface area contributed by atoms with Crippen LogP contribution in [-0.2, 0) is 17.8 Å². The molecule has 1 amide bonds. The summed E-state index contributed by atoms with van der Waals surface area (Å²) in [5, 5.41) is 2.51. The van der Waals surface area contributed by atoms with Gasteiger partial charge in [0.2, 0.25) is 5.91 Å². The lowest BCUT2D eigenvalue weighted by Gasteiger charge is -2.38. The Morgan fingerprint density at radius 2 is 1.69 bits per heavy atom. The maximum Gasteiger partial charge on any atom is 0.318 e. The van der Waals surface area contributed by atoms with E-state index in [0.717, 1.165) is 63.7 Å². The molecule has 0 unspecified atom stereocenters. The quantitative estimate of drug-likeness (QED) is 0.433. The van der Waals surface area contributed by atoms with Crippen LogP contribution in [0, 0.1) is 0 Å². The fourth-order valence-corrected chi connectivity index (χ4v) is 6.12. The van der Waals surface area contributed by atoms with Crippen LogP contribution in [0.15, 0.2) is 55.1 Å². The van der Waals surface area contributed by atoms with Crippen LogP contribution in [-0.4, -0.2) is 84.6 Å². The van der Waals surface area contributed by atoms with Crippen molar-refractivity contribution in [3.05, 3.63) is 66.4 Å². The molecular formula is C31H38N6O2. The molecule has 39 heavy (non-hydrogen) atoms. The van der Waals surface area contributed by atoms with Crippen molar-refractivity contribution in [3.63, 3.8) is 0 Å². The highest BCUT2D eigenvalue weighted by molar-refractivity contribution is 5.94. The number of carbonyl (C=O) groups is 1. The molecular weight excluding hydrogens is 488 g/mol. The Morgan fingerprint density at radius 3 is 2.51 bits per heavy atom. The van der Waals surface area contributed by atoms with Gasteiger partial charge in [-0.25, -0.2) is 0 Å². The minimum Gasteiger partial charge on any atom is -0.462 e. The normalized spacial score (nSPS) is 18.2. The smallest absolute Gasteiger partial charge is 0.318 e. The van der Waals surface area contributed by atoms with Crippen LogP contribution in [0.25, 0.3) is 10.8 Å². The third kappa shape index (κ3) is 5.57. The molecule has 6 rings (SSSR count). The number of aromatic nitrogens is 2. The molecule has 0 aliphatic carbocycles. The number of ether oxygens (including phenoxy) is 1. The van der Waals surface area contributed by atoms with Crippen molar-refractivity contribution in [1.29, 1.82) is 0 Å². The van der Waals surface area contributed by atoms with Crippen LogP contribution >= 0.6 is 0 Å². The summed E-state index contributed by atoms with van der Waals surface area (Å²) >= 11 is 0. The number of piperidine rings is 1. The van der Waals surface area contributed by atoms with Gasteiger partial charge in [-0.3, -0.25) is 9.69 Å². The van der Waals surface area contributed by atoms with E-state index < -0.39 is 0 Å². The zero-order valence-corrected chi connectivity index (χ0v) is 22.7. The second kappa shape index (κ2) is 11.6. The van der Waals surface area contributed by atoms with Gasteiger partial charge >= 0.3 is 6.01 Å². The number of carbonyl (C=O) groups excluding carboxylic acids is 1. The molecule has 0 spiro atoms. The molecule has 2 saturated heterocycles. The van der Waals surface area contributed by atoms with E-state index in [2.05, 4.69) is 63.7 Å². The highest BCUT2D eigenvalue weighted by Crippen LogP contribution is 2.34. The molecule has 1 aromatic heterocycles.